The third-order valence-electron chi connectivity index (χ3n) is 2.11. The van der Waals surface area contributed by atoms with E-state index in [1.807, 2.05) is 0 Å². The molecule has 0 bridgehead atoms. The van der Waals surface area contributed by atoms with E-state index in [2.05, 4.69) is 29.1 Å². The fraction of sp³-hybridized carbons (Fsp3) is 0.600. The van der Waals surface area contributed by atoms with Crippen molar-refractivity contribution >= 4 is 11.5 Å². The third-order valence-corrected chi connectivity index (χ3v) is 2.11. The number of nitrogens with two attached hydrogens (primary N) is 1. The summed E-state index contributed by atoms with van der Waals surface area (Å²) in [7, 11) is 0. The highest BCUT2D eigenvalue weighted by atomic mass is 15.0. The molecule has 3 N–H and O–H groups in total. The van der Waals surface area contributed by atoms with Crippen LogP contribution in [0.1, 0.15) is 33.1 Å². The number of hydrogen-bond donors (Lipinski definition) is 2. The van der Waals surface area contributed by atoms with Gasteiger partial charge in [0.2, 0.25) is 0 Å². The molecule has 1 atom stereocenters. The average Bonchev–Trinajstić information content (AvgIpc) is 2.18. The molecule has 0 saturated heterocycles. The second kappa shape index (κ2) is 5.42. The molecule has 14 heavy (non-hydrogen) atoms. The topological polar surface area (TPSA) is 63.8 Å². The second-order valence-electron chi connectivity index (χ2n) is 3.51. The van der Waals surface area contributed by atoms with E-state index in [0.29, 0.717) is 11.7 Å². The number of aromatic nitrogens is 2. The molecule has 1 rings (SSSR count). The van der Waals surface area contributed by atoms with E-state index in [4.69, 9.17) is 5.73 Å². The van der Waals surface area contributed by atoms with Gasteiger partial charge in [-0.05, 0) is 13.3 Å². The Bertz CT molecular complexity index is 275. The van der Waals surface area contributed by atoms with Crippen LogP contribution in [0.3, 0.4) is 0 Å². The van der Waals surface area contributed by atoms with Gasteiger partial charge in [-0.1, -0.05) is 19.8 Å². The minimum absolute atomic E-state index is 0.409. The second-order valence-corrected chi connectivity index (χ2v) is 3.51. The third kappa shape index (κ3) is 3.20. The Morgan fingerprint density at radius 3 is 3.00 bits per heavy atom. The minimum atomic E-state index is 0.409. The van der Waals surface area contributed by atoms with E-state index in [1.165, 1.54) is 19.2 Å². The molecule has 4 heteroatoms. The molecule has 1 aromatic rings. The Morgan fingerprint density at radius 2 is 2.36 bits per heavy atom. The molecule has 0 fully saturated rings. The van der Waals surface area contributed by atoms with Gasteiger partial charge in [0.05, 0.1) is 11.9 Å². The number of nitrogen functional groups attached to an aromatic ring is 1. The van der Waals surface area contributed by atoms with Crippen LogP contribution in [0.2, 0.25) is 0 Å². The zero-order valence-electron chi connectivity index (χ0n) is 8.83. The standard InChI is InChI=1S/C10H18N4/c1-3-4-5-8(2)14-10-9(11)6-12-7-13-10/h6-8H,3-5,11H2,1-2H3,(H,12,13,14). The molecule has 0 spiro atoms. The lowest BCUT2D eigenvalue weighted by molar-refractivity contribution is 0.643. The highest BCUT2D eigenvalue weighted by Gasteiger charge is 2.04. The summed E-state index contributed by atoms with van der Waals surface area (Å²) in [5, 5.41) is 3.27. The van der Waals surface area contributed by atoms with Gasteiger partial charge >= 0.3 is 0 Å². The molecular formula is C10H18N4. The molecule has 78 valence electrons. The van der Waals surface area contributed by atoms with Crippen molar-refractivity contribution in [1.82, 2.24) is 9.97 Å². The largest absolute Gasteiger partial charge is 0.394 e. The van der Waals surface area contributed by atoms with Crippen molar-refractivity contribution in [2.45, 2.75) is 39.2 Å². The number of hydrogen-bond acceptors (Lipinski definition) is 4. The summed E-state index contributed by atoms with van der Waals surface area (Å²) in [5.41, 5.74) is 6.32. The maximum Gasteiger partial charge on any atom is 0.152 e. The SMILES string of the molecule is CCCCC(C)Nc1ncncc1N. The lowest BCUT2D eigenvalue weighted by atomic mass is 10.1. The first kappa shape index (κ1) is 10.8. The Labute approximate surface area is 85.0 Å². The minimum Gasteiger partial charge on any atom is -0.394 e. The van der Waals surface area contributed by atoms with Crippen LogP contribution in [-0.2, 0) is 0 Å². The highest BCUT2D eigenvalue weighted by molar-refractivity contribution is 5.59. The van der Waals surface area contributed by atoms with Crippen LogP contribution in [0.25, 0.3) is 0 Å². The van der Waals surface area contributed by atoms with E-state index >= 15 is 0 Å². The number of nitrogens with zero attached hydrogens (tertiary/aromatic N) is 2. The Morgan fingerprint density at radius 1 is 1.57 bits per heavy atom. The van der Waals surface area contributed by atoms with Crippen LogP contribution in [0.5, 0.6) is 0 Å². The molecule has 1 heterocycles. The fourth-order valence-electron chi connectivity index (χ4n) is 1.28. The van der Waals surface area contributed by atoms with Crippen LogP contribution in [0.4, 0.5) is 11.5 Å². The van der Waals surface area contributed by atoms with Gasteiger partial charge in [0, 0.05) is 6.04 Å². The number of rotatable bonds is 5. The summed E-state index contributed by atoms with van der Waals surface area (Å²) in [5.74, 6) is 0.739. The zero-order valence-corrected chi connectivity index (χ0v) is 8.83. The fourth-order valence-corrected chi connectivity index (χ4v) is 1.28. The van der Waals surface area contributed by atoms with Crippen molar-refractivity contribution in [2.75, 3.05) is 11.1 Å². The molecule has 0 aliphatic heterocycles. The molecule has 1 aromatic heterocycles. The summed E-state index contributed by atoms with van der Waals surface area (Å²) in [6, 6.07) is 0.409. The average molecular weight is 194 g/mol. The molecule has 0 aromatic carbocycles. The number of nitrogens with one attached hydrogen (secondary N) is 1. The van der Waals surface area contributed by atoms with Gasteiger partial charge in [0.25, 0.3) is 0 Å². The van der Waals surface area contributed by atoms with Gasteiger partial charge in [0.1, 0.15) is 6.33 Å². The van der Waals surface area contributed by atoms with E-state index in [-0.39, 0.29) is 0 Å². The van der Waals surface area contributed by atoms with Gasteiger partial charge < -0.3 is 11.1 Å². The van der Waals surface area contributed by atoms with E-state index < -0.39 is 0 Å². The van der Waals surface area contributed by atoms with E-state index in [0.717, 1.165) is 12.2 Å². The Kier molecular flexibility index (Phi) is 4.16. The predicted octanol–water partition coefficient (Wildman–Crippen LogP) is 2.05. The van der Waals surface area contributed by atoms with Crippen molar-refractivity contribution < 1.29 is 0 Å². The van der Waals surface area contributed by atoms with Crippen molar-refractivity contribution in [3.05, 3.63) is 12.5 Å². The maximum absolute atomic E-state index is 5.71. The molecule has 1 unspecified atom stereocenters. The Balaban J connectivity index is 2.47. The maximum atomic E-state index is 5.71. The lowest BCUT2D eigenvalue weighted by Gasteiger charge is -2.14. The molecular weight excluding hydrogens is 176 g/mol. The van der Waals surface area contributed by atoms with E-state index in [1.54, 1.807) is 6.20 Å². The highest BCUT2D eigenvalue weighted by Crippen LogP contribution is 2.14. The molecule has 0 radical (unpaired) electrons. The first-order valence-electron chi connectivity index (χ1n) is 5.06. The van der Waals surface area contributed by atoms with Crippen LogP contribution < -0.4 is 11.1 Å². The van der Waals surface area contributed by atoms with Crippen molar-refractivity contribution in [1.29, 1.82) is 0 Å². The van der Waals surface area contributed by atoms with Gasteiger partial charge in [-0.2, -0.15) is 0 Å². The zero-order chi connectivity index (χ0) is 10.4. The van der Waals surface area contributed by atoms with Gasteiger partial charge in [0.15, 0.2) is 5.82 Å². The van der Waals surface area contributed by atoms with Gasteiger partial charge in [-0.25, -0.2) is 9.97 Å². The van der Waals surface area contributed by atoms with Crippen molar-refractivity contribution in [3.8, 4) is 0 Å². The first-order valence-corrected chi connectivity index (χ1v) is 5.06. The first-order chi connectivity index (χ1) is 6.74. The van der Waals surface area contributed by atoms with Crippen LogP contribution in [-0.4, -0.2) is 16.0 Å². The molecule has 0 aliphatic carbocycles. The predicted molar refractivity (Wildman–Crippen MR) is 59.1 cm³/mol. The van der Waals surface area contributed by atoms with Crippen molar-refractivity contribution in [2.24, 2.45) is 0 Å². The summed E-state index contributed by atoms with van der Waals surface area (Å²) in [6.07, 6.45) is 6.69. The van der Waals surface area contributed by atoms with Crippen LogP contribution in [0.15, 0.2) is 12.5 Å². The summed E-state index contributed by atoms with van der Waals surface area (Å²) in [4.78, 5) is 7.92. The summed E-state index contributed by atoms with van der Waals surface area (Å²) >= 11 is 0. The molecule has 4 nitrogen and oxygen atoms in total. The number of anilines is 2. The van der Waals surface area contributed by atoms with Crippen LogP contribution >= 0.6 is 0 Å². The van der Waals surface area contributed by atoms with Crippen molar-refractivity contribution in [3.63, 3.8) is 0 Å². The normalized spacial score (nSPS) is 12.4. The quantitative estimate of drug-likeness (QED) is 0.753. The van der Waals surface area contributed by atoms with Crippen LogP contribution in [0, 0.1) is 0 Å². The lowest BCUT2D eigenvalue weighted by Crippen LogP contribution is -2.17. The molecule has 0 saturated carbocycles. The smallest absolute Gasteiger partial charge is 0.152 e. The molecule has 0 aliphatic rings. The summed E-state index contributed by atoms with van der Waals surface area (Å²) < 4.78 is 0. The Hall–Kier alpha value is -1.32. The monoisotopic (exact) mass is 194 g/mol. The van der Waals surface area contributed by atoms with E-state index in [9.17, 15) is 0 Å². The van der Waals surface area contributed by atoms with Gasteiger partial charge in [-0.15, -0.1) is 0 Å². The molecule has 0 amide bonds. The summed E-state index contributed by atoms with van der Waals surface area (Å²) in [6.45, 7) is 4.32. The van der Waals surface area contributed by atoms with Gasteiger partial charge in [-0.3, -0.25) is 0 Å². The number of unbranched alkanes of at least 4 members (excludes halogenated alkanes) is 1.